The van der Waals surface area contributed by atoms with Crippen molar-refractivity contribution in [2.45, 2.75) is 20.3 Å². The van der Waals surface area contributed by atoms with E-state index in [1.807, 2.05) is 13.8 Å². The summed E-state index contributed by atoms with van der Waals surface area (Å²) in [6, 6.07) is 3.40. The number of rotatable bonds is 2. The molecule has 1 aromatic heterocycles. The summed E-state index contributed by atoms with van der Waals surface area (Å²) in [4.78, 5) is 15.9. The molecule has 0 radical (unpaired) electrons. The smallest absolute Gasteiger partial charge is 0.256 e. The molecule has 1 amide bonds. The van der Waals surface area contributed by atoms with Crippen molar-refractivity contribution in [1.82, 2.24) is 4.98 Å². The van der Waals surface area contributed by atoms with Crippen molar-refractivity contribution in [2.24, 2.45) is 11.0 Å². The normalized spacial score (nSPS) is 20.1. The number of nitrogens with zero attached hydrogens (tertiary/aromatic N) is 3. The number of hydrogen-bond donors (Lipinski definition) is 1. The molecule has 0 bridgehead atoms. The molecule has 1 aliphatic rings. The highest BCUT2D eigenvalue weighted by Crippen LogP contribution is 2.25. The van der Waals surface area contributed by atoms with Gasteiger partial charge in [0.25, 0.3) is 5.91 Å². The van der Waals surface area contributed by atoms with Gasteiger partial charge in [-0.3, -0.25) is 4.79 Å². The van der Waals surface area contributed by atoms with Crippen molar-refractivity contribution < 1.29 is 4.79 Å². The fourth-order valence-electron chi connectivity index (χ4n) is 1.78. The first-order valence-corrected chi connectivity index (χ1v) is 5.24. The van der Waals surface area contributed by atoms with E-state index in [2.05, 4.69) is 10.1 Å². The quantitative estimate of drug-likeness (QED) is 0.815. The van der Waals surface area contributed by atoms with Gasteiger partial charge in [0.2, 0.25) is 0 Å². The Labute approximate surface area is 94.0 Å². The average Bonchev–Trinajstić information content (AvgIpc) is 2.55. The highest BCUT2D eigenvalue weighted by Gasteiger charge is 2.32. The summed E-state index contributed by atoms with van der Waals surface area (Å²) in [6.45, 7) is 3.85. The molecule has 5 nitrogen and oxygen atoms in total. The van der Waals surface area contributed by atoms with Gasteiger partial charge in [-0.15, -0.1) is 0 Å². The number of aromatic nitrogens is 1. The second-order valence-electron chi connectivity index (χ2n) is 3.79. The molecule has 0 fully saturated rings. The van der Waals surface area contributed by atoms with E-state index >= 15 is 0 Å². The van der Waals surface area contributed by atoms with E-state index in [-0.39, 0.29) is 11.8 Å². The summed E-state index contributed by atoms with van der Waals surface area (Å²) in [6.07, 6.45) is 2.33. The topological polar surface area (TPSA) is 71.6 Å². The van der Waals surface area contributed by atoms with Gasteiger partial charge in [-0.1, -0.05) is 6.92 Å². The Hall–Kier alpha value is -1.91. The molecule has 2 N–H and O–H groups in total. The highest BCUT2D eigenvalue weighted by molar-refractivity contribution is 6.14. The van der Waals surface area contributed by atoms with Crippen LogP contribution in [0.2, 0.25) is 0 Å². The zero-order valence-electron chi connectivity index (χ0n) is 9.34. The number of hydrazone groups is 1. The van der Waals surface area contributed by atoms with E-state index in [0.717, 1.165) is 12.1 Å². The predicted octanol–water partition coefficient (Wildman–Crippen LogP) is 1.41. The van der Waals surface area contributed by atoms with Gasteiger partial charge in [-0.05, 0) is 25.5 Å². The molecule has 2 heterocycles. The molecule has 84 valence electrons. The van der Waals surface area contributed by atoms with Crippen LogP contribution in [0.5, 0.6) is 0 Å². The summed E-state index contributed by atoms with van der Waals surface area (Å²) in [5.41, 5.74) is 7.00. The molecule has 1 atom stereocenters. The summed E-state index contributed by atoms with van der Waals surface area (Å²) >= 11 is 0. The van der Waals surface area contributed by atoms with Crippen LogP contribution in [0, 0.1) is 5.92 Å². The zero-order valence-corrected chi connectivity index (χ0v) is 9.34. The Morgan fingerprint density at radius 3 is 2.75 bits per heavy atom. The van der Waals surface area contributed by atoms with Crippen LogP contribution in [-0.4, -0.2) is 16.6 Å². The second kappa shape index (κ2) is 3.92. The maximum absolute atomic E-state index is 12.0. The van der Waals surface area contributed by atoms with E-state index in [1.54, 1.807) is 18.3 Å². The second-order valence-corrected chi connectivity index (χ2v) is 3.79. The third-order valence-corrected chi connectivity index (χ3v) is 2.69. The van der Waals surface area contributed by atoms with Crippen LogP contribution in [0.25, 0.3) is 0 Å². The number of carbonyl (C=O) groups is 1. The Bertz CT molecular complexity index is 438. The summed E-state index contributed by atoms with van der Waals surface area (Å²) in [5.74, 6) is 0.340. The Kier molecular flexibility index (Phi) is 2.60. The molecule has 0 aliphatic carbocycles. The summed E-state index contributed by atoms with van der Waals surface area (Å²) in [5, 5.41) is 5.64. The zero-order chi connectivity index (χ0) is 11.7. The van der Waals surface area contributed by atoms with Crippen LogP contribution in [-0.2, 0) is 4.79 Å². The molecule has 0 saturated heterocycles. The minimum atomic E-state index is -0.0995. The molecule has 0 aromatic carbocycles. The number of nitrogens with two attached hydrogens (primary N) is 1. The molecule has 1 unspecified atom stereocenters. The van der Waals surface area contributed by atoms with E-state index in [1.165, 1.54) is 5.01 Å². The number of pyridine rings is 1. The van der Waals surface area contributed by atoms with E-state index in [9.17, 15) is 4.79 Å². The van der Waals surface area contributed by atoms with E-state index in [4.69, 9.17) is 5.73 Å². The molecule has 0 saturated carbocycles. The lowest BCUT2D eigenvalue weighted by Gasteiger charge is -2.12. The Balaban J connectivity index is 2.30. The van der Waals surface area contributed by atoms with Crippen LogP contribution in [0.15, 0.2) is 23.4 Å². The maximum atomic E-state index is 12.0. The maximum Gasteiger partial charge on any atom is 0.256 e. The van der Waals surface area contributed by atoms with E-state index < -0.39 is 0 Å². The van der Waals surface area contributed by atoms with Gasteiger partial charge in [-0.25, -0.2) is 4.98 Å². The first-order valence-electron chi connectivity index (χ1n) is 5.24. The number of amides is 1. The standard InChI is InChI=1S/C11H14N4O/c1-3-9-7(2)14-15(11(9)16)8-4-5-10(12)13-6-8/h4-6,9H,3H2,1-2H3,(H2,12,13). The monoisotopic (exact) mass is 218 g/mol. The first kappa shape index (κ1) is 10.6. The number of nitrogen functional groups attached to an aromatic ring is 1. The molecular formula is C11H14N4O. The molecule has 2 rings (SSSR count). The van der Waals surface area contributed by atoms with Crippen LogP contribution in [0.3, 0.4) is 0 Å². The van der Waals surface area contributed by atoms with Gasteiger partial charge in [0.1, 0.15) is 5.82 Å². The average molecular weight is 218 g/mol. The van der Waals surface area contributed by atoms with Crippen LogP contribution in [0.1, 0.15) is 20.3 Å². The fraction of sp³-hybridized carbons (Fsp3) is 0.364. The third kappa shape index (κ3) is 1.64. The van der Waals surface area contributed by atoms with Crippen LogP contribution < -0.4 is 10.7 Å². The van der Waals surface area contributed by atoms with Crippen molar-refractivity contribution in [3.05, 3.63) is 18.3 Å². The minimum absolute atomic E-state index is 0.00608. The lowest BCUT2D eigenvalue weighted by atomic mass is 10.0. The first-order chi connectivity index (χ1) is 7.63. The van der Waals surface area contributed by atoms with Crippen LogP contribution in [0.4, 0.5) is 11.5 Å². The third-order valence-electron chi connectivity index (χ3n) is 2.69. The predicted molar refractivity (Wildman–Crippen MR) is 63.0 cm³/mol. The number of carbonyl (C=O) groups excluding carboxylic acids is 1. The van der Waals surface area contributed by atoms with E-state index in [0.29, 0.717) is 11.5 Å². The lowest BCUT2D eigenvalue weighted by molar-refractivity contribution is -0.119. The molecule has 1 aromatic rings. The number of anilines is 2. The van der Waals surface area contributed by atoms with Gasteiger partial charge in [0.05, 0.1) is 17.8 Å². The Morgan fingerprint density at radius 2 is 2.25 bits per heavy atom. The SMILES string of the molecule is CCC1C(=O)N(c2ccc(N)nc2)N=C1C. The fourth-order valence-corrected chi connectivity index (χ4v) is 1.78. The summed E-state index contributed by atoms with van der Waals surface area (Å²) in [7, 11) is 0. The molecular weight excluding hydrogens is 204 g/mol. The van der Waals surface area contributed by atoms with Crippen molar-refractivity contribution >= 4 is 23.1 Å². The van der Waals surface area contributed by atoms with Gasteiger partial charge < -0.3 is 5.73 Å². The summed E-state index contributed by atoms with van der Waals surface area (Å²) < 4.78 is 0. The largest absolute Gasteiger partial charge is 0.384 e. The van der Waals surface area contributed by atoms with Gasteiger partial charge in [-0.2, -0.15) is 10.1 Å². The van der Waals surface area contributed by atoms with Crippen LogP contribution >= 0.6 is 0 Å². The van der Waals surface area contributed by atoms with Crippen molar-refractivity contribution in [1.29, 1.82) is 0 Å². The number of hydrogen-bond acceptors (Lipinski definition) is 4. The molecule has 1 aliphatic heterocycles. The van der Waals surface area contributed by atoms with Gasteiger partial charge in [0.15, 0.2) is 0 Å². The molecule has 16 heavy (non-hydrogen) atoms. The van der Waals surface area contributed by atoms with Crippen molar-refractivity contribution in [2.75, 3.05) is 10.7 Å². The Morgan fingerprint density at radius 1 is 1.50 bits per heavy atom. The van der Waals surface area contributed by atoms with Crippen molar-refractivity contribution in [3.8, 4) is 0 Å². The minimum Gasteiger partial charge on any atom is -0.384 e. The lowest BCUT2D eigenvalue weighted by Crippen LogP contribution is -2.26. The highest BCUT2D eigenvalue weighted by atomic mass is 16.2. The van der Waals surface area contributed by atoms with Gasteiger partial charge >= 0.3 is 0 Å². The van der Waals surface area contributed by atoms with Gasteiger partial charge in [0, 0.05) is 5.71 Å². The van der Waals surface area contributed by atoms with Crippen molar-refractivity contribution in [3.63, 3.8) is 0 Å². The molecule has 5 heteroatoms. The molecule has 0 spiro atoms.